The monoisotopic (exact) mass is 244 g/mol. The number of piperidine rings is 1. The van der Waals surface area contributed by atoms with Gasteiger partial charge in [0.2, 0.25) is 0 Å². The van der Waals surface area contributed by atoms with E-state index < -0.39 is 0 Å². The first kappa shape index (κ1) is 14.9. The van der Waals surface area contributed by atoms with Gasteiger partial charge in [-0.05, 0) is 58.8 Å². The molecular formula is C13H28N2O2. The van der Waals surface area contributed by atoms with Gasteiger partial charge in [0.15, 0.2) is 0 Å². The fraction of sp³-hybridized carbons (Fsp3) is 1.00. The van der Waals surface area contributed by atoms with Crippen LogP contribution in [0, 0.1) is 5.92 Å². The SMILES string of the molecule is COCC(O)CCNC(C)C1CCN(C)CC1. The molecule has 0 saturated carbocycles. The molecule has 0 aromatic carbocycles. The van der Waals surface area contributed by atoms with Gasteiger partial charge in [0.1, 0.15) is 0 Å². The first-order chi connectivity index (χ1) is 8.13. The Kier molecular flexibility index (Phi) is 7.04. The summed E-state index contributed by atoms with van der Waals surface area (Å²) in [6, 6.07) is 0.554. The summed E-state index contributed by atoms with van der Waals surface area (Å²) in [7, 11) is 3.81. The van der Waals surface area contributed by atoms with Crippen LogP contribution in [0.5, 0.6) is 0 Å². The Morgan fingerprint density at radius 2 is 2.06 bits per heavy atom. The minimum absolute atomic E-state index is 0.336. The van der Waals surface area contributed by atoms with Crippen molar-refractivity contribution in [2.75, 3.05) is 40.4 Å². The van der Waals surface area contributed by atoms with E-state index in [9.17, 15) is 5.11 Å². The van der Waals surface area contributed by atoms with Gasteiger partial charge in [0.05, 0.1) is 12.7 Å². The summed E-state index contributed by atoms with van der Waals surface area (Å²) in [5.41, 5.74) is 0. The van der Waals surface area contributed by atoms with E-state index in [-0.39, 0.29) is 6.10 Å². The number of nitrogens with zero attached hydrogens (tertiary/aromatic N) is 1. The second kappa shape index (κ2) is 8.03. The van der Waals surface area contributed by atoms with Gasteiger partial charge in [-0.25, -0.2) is 0 Å². The number of aliphatic hydroxyl groups is 1. The maximum atomic E-state index is 9.54. The molecule has 0 aliphatic carbocycles. The van der Waals surface area contributed by atoms with Gasteiger partial charge in [-0.1, -0.05) is 0 Å². The van der Waals surface area contributed by atoms with Crippen molar-refractivity contribution in [1.82, 2.24) is 10.2 Å². The number of rotatable bonds is 7. The molecule has 2 unspecified atom stereocenters. The number of nitrogens with one attached hydrogen (secondary N) is 1. The number of aliphatic hydroxyl groups excluding tert-OH is 1. The molecule has 1 fully saturated rings. The lowest BCUT2D eigenvalue weighted by Gasteiger charge is -2.33. The molecule has 1 heterocycles. The molecule has 1 rings (SSSR count). The molecule has 0 aromatic rings. The predicted molar refractivity (Wildman–Crippen MR) is 70.2 cm³/mol. The fourth-order valence-corrected chi connectivity index (χ4v) is 2.45. The zero-order valence-electron chi connectivity index (χ0n) is 11.5. The molecule has 0 radical (unpaired) electrons. The van der Waals surface area contributed by atoms with Crippen molar-refractivity contribution in [2.45, 2.75) is 38.3 Å². The van der Waals surface area contributed by atoms with Crippen LogP contribution in [-0.4, -0.2) is 62.6 Å². The van der Waals surface area contributed by atoms with Crippen LogP contribution in [0.4, 0.5) is 0 Å². The average molecular weight is 244 g/mol. The topological polar surface area (TPSA) is 44.7 Å². The lowest BCUT2D eigenvalue weighted by atomic mass is 9.90. The Hall–Kier alpha value is -0.160. The highest BCUT2D eigenvalue weighted by Crippen LogP contribution is 2.19. The minimum atomic E-state index is -0.336. The van der Waals surface area contributed by atoms with Crippen LogP contribution in [0.1, 0.15) is 26.2 Å². The number of hydrogen-bond donors (Lipinski definition) is 2. The third-order valence-electron chi connectivity index (χ3n) is 3.77. The van der Waals surface area contributed by atoms with Gasteiger partial charge in [0, 0.05) is 13.2 Å². The molecule has 4 nitrogen and oxygen atoms in total. The lowest BCUT2D eigenvalue weighted by molar-refractivity contribution is 0.0583. The zero-order chi connectivity index (χ0) is 12.7. The zero-order valence-corrected chi connectivity index (χ0v) is 11.5. The Labute approximate surface area is 105 Å². The van der Waals surface area contributed by atoms with Crippen molar-refractivity contribution in [3.63, 3.8) is 0 Å². The van der Waals surface area contributed by atoms with Crippen molar-refractivity contribution >= 4 is 0 Å². The molecular weight excluding hydrogens is 216 g/mol. The third-order valence-corrected chi connectivity index (χ3v) is 3.77. The van der Waals surface area contributed by atoms with Crippen LogP contribution < -0.4 is 5.32 Å². The van der Waals surface area contributed by atoms with Gasteiger partial charge in [0.25, 0.3) is 0 Å². The second-order valence-corrected chi connectivity index (χ2v) is 5.28. The summed E-state index contributed by atoms with van der Waals surface area (Å²) < 4.78 is 4.91. The number of likely N-dealkylation sites (tertiary alicyclic amines) is 1. The summed E-state index contributed by atoms with van der Waals surface area (Å²) in [6.07, 6.45) is 3.00. The fourth-order valence-electron chi connectivity index (χ4n) is 2.45. The van der Waals surface area contributed by atoms with E-state index in [0.29, 0.717) is 12.6 Å². The third kappa shape index (κ3) is 5.82. The van der Waals surface area contributed by atoms with Gasteiger partial charge in [-0.3, -0.25) is 0 Å². The van der Waals surface area contributed by atoms with Crippen molar-refractivity contribution in [3.8, 4) is 0 Å². The van der Waals surface area contributed by atoms with Crippen LogP contribution in [-0.2, 0) is 4.74 Å². The van der Waals surface area contributed by atoms with E-state index in [1.165, 1.54) is 25.9 Å². The van der Waals surface area contributed by atoms with Crippen LogP contribution in [0.3, 0.4) is 0 Å². The largest absolute Gasteiger partial charge is 0.391 e. The van der Waals surface area contributed by atoms with Gasteiger partial charge >= 0.3 is 0 Å². The first-order valence-corrected chi connectivity index (χ1v) is 6.72. The minimum Gasteiger partial charge on any atom is -0.391 e. The van der Waals surface area contributed by atoms with Gasteiger partial charge < -0.3 is 20.1 Å². The molecule has 2 atom stereocenters. The molecule has 4 heteroatoms. The highest BCUT2D eigenvalue weighted by molar-refractivity contribution is 4.78. The summed E-state index contributed by atoms with van der Waals surface area (Å²) in [5, 5.41) is 13.1. The summed E-state index contributed by atoms with van der Waals surface area (Å²) in [4.78, 5) is 2.39. The lowest BCUT2D eigenvalue weighted by Crippen LogP contribution is -2.41. The number of hydrogen-bond acceptors (Lipinski definition) is 4. The van der Waals surface area contributed by atoms with Gasteiger partial charge in [-0.15, -0.1) is 0 Å². The molecule has 2 N–H and O–H groups in total. The van der Waals surface area contributed by atoms with Crippen molar-refractivity contribution in [2.24, 2.45) is 5.92 Å². The van der Waals surface area contributed by atoms with Crippen LogP contribution in [0.2, 0.25) is 0 Å². The van der Waals surface area contributed by atoms with Gasteiger partial charge in [-0.2, -0.15) is 0 Å². The van der Waals surface area contributed by atoms with E-state index >= 15 is 0 Å². The normalized spacial score (nSPS) is 22.6. The Balaban J connectivity index is 2.10. The summed E-state index contributed by atoms with van der Waals surface area (Å²) in [5.74, 6) is 0.783. The molecule has 1 aliphatic rings. The Morgan fingerprint density at radius 3 is 2.65 bits per heavy atom. The molecule has 102 valence electrons. The van der Waals surface area contributed by atoms with E-state index in [2.05, 4.69) is 24.2 Å². The van der Waals surface area contributed by atoms with Crippen LogP contribution >= 0.6 is 0 Å². The summed E-state index contributed by atoms with van der Waals surface area (Å²) >= 11 is 0. The number of methoxy groups -OCH3 is 1. The standard InChI is InChI=1S/C13H28N2O2/c1-11(12-5-8-15(2)9-6-12)14-7-4-13(16)10-17-3/h11-14,16H,4-10H2,1-3H3. The van der Waals surface area contributed by atoms with Crippen molar-refractivity contribution in [3.05, 3.63) is 0 Å². The van der Waals surface area contributed by atoms with E-state index in [4.69, 9.17) is 4.74 Å². The first-order valence-electron chi connectivity index (χ1n) is 6.72. The molecule has 1 saturated heterocycles. The molecule has 0 spiro atoms. The maximum Gasteiger partial charge on any atom is 0.0785 e. The van der Waals surface area contributed by atoms with E-state index in [0.717, 1.165) is 18.9 Å². The van der Waals surface area contributed by atoms with Crippen molar-refractivity contribution in [1.29, 1.82) is 0 Å². The van der Waals surface area contributed by atoms with E-state index in [1.54, 1.807) is 7.11 Å². The quantitative estimate of drug-likeness (QED) is 0.692. The van der Waals surface area contributed by atoms with Crippen molar-refractivity contribution < 1.29 is 9.84 Å². The smallest absolute Gasteiger partial charge is 0.0785 e. The molecule has 17 heavy (non-hydrogen) atoms. The highest BCUT2D eigenvalue weighted by atomic mass is 16.5. The molecule has 0 bridgehead atoms. The van der Waals surface area contributed by atoms with E-state index in [1.807, 2.05) is 0 Å². The Morgan fingerprint density at radius 1 is 1.41 bits per heavy atom. The average Bonchev–Trinajstić information content (AvgIpc) is 2.30. The molecule has 1 aliphatic heterocycles. The predicted octanol–water partition coefficient (Wildman–Crippen LogP) is 0.704. The Bertz CT molecular complexity index is 194. The number of ether oxygens (including phenoxy) is 1. The highest BCUT2D eigenvalue weighted by Gasteiger charge is 2.21. The molecule has 0 amide bonds. The van der Waals surface area contributed by atoms with Crippen LogP contribution in [0.25, 0.3) is 0 Å². The summed E-state index contributed by atoms with van der Waals surface area (Å²) in [6.45, 7) is 5.99. The molecule has 0 aromatic heterocycles. The maximum absolute atomic E-state index is 9.54. The second-order valence-electron chi connectivity index (χ2n) is 5.28. The van der Waals surface area contributed by atoms with Crippen LogP contribution in [0.15, 0.2) is 0 Å².